The minimum absolute atomic E-state index is 0.0201. The number of allylic oxidation sites excluding steroid dienone is 2. The van der Waals surface area contributed by atoms with E-state index in [1.54, 1.807) is 5.57 Å². The van der Waals surface area contributed by atoms with Crippen molar-refractivity contribution in [3.8, 4) is 0 Å². The van der Waals surface area contributed by atoms with E-state index in [0.717, 1.165) is 24.2 Å². The summed E-state index contributed by atoms with van der Waals surface area (Å²) in [5, 5.41) is 21.8. The van der Waals surface area contributed by atoms with Crippen LogP contribution in [0, 0.1) is 56.7 Å². The first-order chi connectivity index (χ1) is 14.7. The van der Waals surface area contributed by atoms with E-state index in [2.05, 4.69) is 61.5 Å². The van der Waals surface area contributed by atoms with Gasteiger partial charge in [-0.25, -0.2) is 0 Å². The molecule has 10 atom stereocenters. The smallest absolute Gasteiger partial charge is 0.0853 e. The Hall–Kier alpha value is -0.340. The average molecular weight is 443 g/mol. The maximum Gasteiger partial charge on any atom is 0.0853 e. The van der Waals surface area contributed by atoms with Crippen molar-refractivity contribution >= 4 is 0 Å². The van der Waals surface area contributed by atoms with Crippen LogP contribution >= 0.6 is 0 Å². The van der Waals surface area contributed by atoms with Crippen molar-refractivity contribution in [2.24, 2.45) is 56.7 Å². The molecule has 0 radical (unpaired) electrons. The van der Waals surface area contributed by atoms with Crippen molar-refractivity contribution in [1.29, 1.82) is 0 Å². The fraction of sp³-hybridized carbons (Fsp3) is 0.933. The summed E-state index contributed by atoms with van der Waals surface area (Å²) in [7, 11) is 0. The molecule has 0 spiro atoms. The van der Waals surface area contributed by atoms with Gasteiger partial charge in [0.25, 0.3) is 0 Å². The topological polar surface area (TPSA) is 40.5 Å². The van der Waals surface area contributed by atoms with Crippen molar-refractivity contribution in [3.05, 3.63) is 11.6 Å². The Labute approximate surface area is 197 Å². The van der Waals surface area contributed by atoms with E-state index in [1.807, 2.05) is 0 Å². The molecule has 5 rings (SSSR count). The van der Waals surface area contributed by atoms with Gasteiger partial charge in [-0.15, -0.1) is 0 Å². The molecule has 182 valence electrons. The Morgan fingerprint density at radius 3 is 2.16 bits per heavy atom. The van der Waals surface area contributed by atoms with Crippen molar-refractivity contribution in [3.63, 3.8) is 0 Å². The summed E-state index contributed by atoms with van der Waals surface area (Å²) in [6.07, 6.45) is 11.4. The molecule has 0 amide bonds. The van der Waals surface area contributed by atoms with Gasteiger partial charge >= 0.3 is 0 Å². The summed E-state index contributed by atoms with van der Waals surface area (Å²) >= 11 is 0. The van der Waals surface area contributed by atoms with Crippen molar-refractivity contribution in [1.82, 2.24) is 0 Å². The van der Waals surface area contributed by atoms with Crippen LogP contribution in [-0.2, 0) is 0 Å². The molecule has 0 bridgehead atoms. The van der Waals surface area contributed by atoms with Gasteiger partial charge in [-0.3, -0.25) is 0 Å². The Morgan fingerprint density at radius 1 is 0.844 bits per heavy atom. The third-order valence-corrected chi connectivity index (χ3v) is 13.2. The van der Waals surface area contributed by atoms with Gasteiger partial charge in [0.15, 0.2) is 0 Å². The van der Waals surface area contributed by atoms with Crippen molar-refractivity contribution in [2.45, 2.75) is 119 Å². The van der Waals surface area contributed by atoms with Crippen LogP contribution in [0.15, 0.2) is 11.6 Å². The third-order valence-electron chi connectivity index (χ3n) is 13.2. The van der Waals surface area contributed by atoms with Crippen LogP contribution in [0.3, 0.4) is 0 Å². The van der Waals surface area contributed by atoms with Crippen LogP contribution in [-0.4, -0.2) is 22.4 Å². The molecule has 5 aliphatic carbocycles. The van der Waals surface area contributed by atoms with Gasteiger partial charge in [0, 0.05) is 0 Å². The van der Waals surface area contributed by atoms with Crippen LogP contribution in [0.2, 0.25) is 0 Å². The summed E-state index contributed by atoms with van der Waals surface area (Å²) < 4.78 is 0. The van der Waals surface area contributed by atoms with Gasteiger partial charge in [-0.05, 0) is 108 Å². The van der Waals surface area contributed by atoms with E-state index in [1.165, 1.54) is 44.9 Å². The second kappa shape index (κ2) is 6.87. The molecule has 0 aliphatic heterocycles. The second-order valence-electron chi connectivity index (χ2n) is 14.8. The SMILES string of the molecule is CC(C)[C@H]1CC[C@@H]2[C@]1(C)CC[C@]1(C)[C@H]3CC[C@H]4C(C)(C)[C@@H](O)[C@H](O)C[C@]4(C)C3=CC[C@@]21C. The number of hydrogen-bond acceptors (Lipinski definition) is 2. The fourth-order valence-corrected chi connectivity index (χ4v) is 11.4. The van der Waals surface area contributed by atoms with E-state index in [4.69, 9.17) is 0 Å². The Bertz CT molecular complexity index is 812. The maximum atomic E-state index is 10.9. The van der Waals surface area contributed by atoms with E-state index >= 15 is 0 Å². The van der Waals surface area contributed by atoms with Crippen molar-refractivity contribution in [2.75, 3.05) is 0 Å². The van der Waals surface area contributed by atoms with Crippen LogP contribution in [0.1, 0.15) is 107 Å². The van der Waals surface area contributed by atoms with Gasteiger partial charge in [0.05, 0.1) is 12.2 Å². The molecule has 2 heteroatoms. The molecule has 0 aromatic heterocycles. The molecule has 2 N–H and O–H groups in total. The van der Waals surface area contributed by atoms with E-state index in [0.29, 0.717) is 28.1 Å². The largest absolute Gasteiger partial charge is 0.390 e. The fourth-order valence-electron chi connectivity index (χ4n) is 11.4. The summed E-state index contributed by atoms with van der Waals surface area (Å²) in [6.45, 7) is 19.7. The molecule has 0 saturated heterocycles. The lowest BCUT2D eigenvalue weighted by molar-refractivity contribution is -0.186. The molecule has 4 fully saturated rings. The molecule has 32 heavy (non-hydrogen) atoms. The minimum atomic E-state index is -0.608. The quantitative estimate of drug-likeness (QED) is 0.429. The maximum absolute atomic E-state index is 10.9. The van der Waals surface area contributed by atoms with Gasteiger partial charge in [0.2, 0.25) is 0 Å². The van der Waals surface area contributed by atoms with Crippen molar-refractivity contribution < 1.29 is 10.2 Å². The first kappa shape index (κ1) is 23.4. The third kappa shape index (κ3) is 2.61. The lowest BCUT2D eigenvalue weighted by Crippen LogP contribution is -2.63. The molecule has 5 aliphatic rings. The van der Waals surface area contributed by atoms with Gasteiger partial charge < -0.3 is 10.2 Å². The highest BCUT2D eigenvalue weighted by atomic mass is 16.3. The molecule has 4 saturated carbocycles. The number of aliphatic hydroxyl groups is 2. The highest BCUT2D eigenvalue weighted by molar-refractivity contribution is 5.33. The summed E-state index contributed by atoms with van der Waals surface area (Å²) in [4.78, 5) is 0. The van der Waals surface area contributed by atoms with Gasteiger partial charge in [0.1, 0.15) is 0 Å². The zero-order chi connectivity index (χ0) is 23.5. The van der Waals surface area contributed by atoms with Gasteiger partial charge in [-0.2, -0.15) is 0 Å². The summed E-state index contributed by atoms with van der Waals surface area (Å²) in [5.41, 5.74) is 2.68. The molecule has 2 nitrogen and oxygen atoms in total. The Balaban J connectivity index is 1.56. The van der Waals surface area contributed by atoms with Crippen LogP contribution in [0.25, 0.3) is 0 Å². The summed E-state index contributed by atoms with van der Waals surface area (Å²) in [5.74, 6) is 3.60. The van der Waals surface area contributed by atoms with Crippen LogP contribution in [0.4, 0.5) is 0 Å². The van der Waals surface area contributed by atoms with Gasteiger partial charge in [-0.1, -0.05) is 67.0 Å². The first-order valence-electron chi connectivity index (χ1n) is 13.8. The summed E-state index contributed by atoms with van der Waals surface area (Å²) in [6, 6.07) is 0. The zero-order valence-corrected chi connectivity index (χ0v) is 22.2. The van der Waals surface area contributed by atoms with Crippen LogP contribution < -0.4 is 0 Å². The highest BCUT2D eigenvalue weighted by Crippen LogP contribution is 2.76. The molecular formula is C30H50O2. The minimum Gasteiger partial charge on any atom is -0.390 e. The lowest BCUT2D eigenvalue weighted by atomic mass is 9.35. The number of hydrogen-bond donors (Lipinski definition) is 2. The normalized spacial score (nSPS) is 56.7. The molecule has 0 aromatic carbocycles. The molecule has 0 unspecified atom stereocenters. The molecular weight excluding hydrogens is 392 g/mol. The molecule has 0 heterocycles. The van der Waals surface area contributed by atoms with E-state index in [9.17, 15) is 10.2 Å². The highest BCUT2D eigenvalue weighted by Gasteiger charge is 2.68. The standard InChI is InChI=1S/C30H50O2/c1-18(2)19-9-12-24-27(19,5)15-16-29(7)21-10-11-23-26(3,4)25(32)22(31)17-28(23,6)20(21)13-14-30(24,29)8/h13,18-19,21-25,31-32H,9-12,14-17H2,1-8H3/t19-,21+,22-,23+,24-,25+,27-,28-,29-,30+/m1/s1. The number of aliphatic hydroxyl groups excluding tert-OH is 2. The predicted molar refractivity (Wildman–Crippen MR) is 132 cm³/mol. The zero-order valence-electron chi connectivity index (χ0n) is 22.2. The van der Waals surface area contributed by atoms with E-state index < -0.39 is 12.2 Å². The lowest BCUT2D eigenvalue weighted by Gasteiger charge is -2.69. The average Bonchev–Trinajstić information content (AvgIpc) is 3.06. The number of rotatable bonds is 1. The Kier molecular flexibility index (Phi) is 5.02. The second-order valence-corrected chi connectivity index (χ2v) is 14.8. The predicted octanol–water partition coefficient (Wildman–Crippen LogP) is 7.00. The van der Waals surface area contributed by atoms with Crippen LogP contribution in [0.5, 0.6) is 0 Å². The number of fused-ring (bicyclic) bond motifs is 7. The first-order valence-corrected chi connectivity index (χ1v) is 13.8. The monoisotopic (exact) mass is 442 g/mol. The Morgan fingerprint density at radius 2 is 1.50 bits per heavy atom. The molecule has 0 aromatic rings. The van der Waals surface area contributed by atoms with E-state index in [-0.39, 0.29) is 10.8 Å².